The molecule has 0 spiro atoms. The first-order valence-corrected chi connectivity index (χ1v) is 7.19. The van der Waals surface area contributed by atoms with Crippen LogP contribution in [0.1, 0.15) is 19.8 Å². The molecule has 2 rings (SSSR count). The van der Waals surface area contributed by atoms with Crippen LogP contribution in [0.4, 0.5) is 22.7 Å². The number of non-ortho nitro benzene ring substituents is 1. The van der Waals surface area contributed by atoms with Crippen molar-refractivity contribution in [2.75, 3.05) is 11.9 Å². The molecule has 0 atom stereocenters. The molecule has 0 radical (unpaired) electrons. The minimum atomic E-state index is -0.439. The number of benzene rings is 2. The first-order chi connectivity index (χ1) is 10.7. The zero-order valence-electron chi connectivity index (χ0n) is 12.4. The van der Waals surface area contributed by atoms with Crippen molar-refractivity contribution in [2.45, 2.75) is 19.8 Å². The molecule has 0 saturated carbocycles. The number of hydrogen-bond acceptors (Lipinski definition) is 5. The molecule has 0 aromatic heterocycles. The fourth-order valence-corrected chi connectivity index (χ4v) is 1.81. The molecule has 6 nitrogen and oxygen atoms in total. The van der Waals surface area contributed by atoms with Gasteiger partial charge in [0.15, 0.2) is 0 Å². The van der Waals surface area contributed by atoms with Crippen LogP contribution in [0.15, 0.2) is 58.8 Å². The Labute approximate surface area is 129 Å². The lowest BCUT2D eigenvalue weighted by molar-refractivity contribution is -0.384. The Balaban J connectivity index is 1.96. The van der Waals surface area contributed by atoms with E-state index in [1.807, 2.05) is 24.3 Å². The molecular weight excluding hydrogens is 280 g/mol. The summed E-state index contributed by atoms with van der Waals surface area (Å²) in [7, 11) is 0. The van der Waals surface area contributed by atoms with Gasteiger partial charge in [0, 0.05) is 24.4 Å². The van der Waals surface area contributed by atoms with E-state index in [0.717, 1.165) is 30.8 Å². The summed E-state index contributed by atoms with van der Waals surface area (Å²) >= 11 is 0. The molecule has 2 aromatic rings. The molecular formula is C16H18N4O2. The maximum Gasteiger partial charge on any atom is 0.269 e. The topological polar surface area (TPSA) is 79.9 Å². The Morgan fingerprint density at radius 1 is 1.00 bits per heavy atom. The van der Waals surface area contributed by atoms with Gasteiger partial charge < -0.3 is 5.32 Å². The van der Waals surface area contributed by atoms with Crippen LogP contribution in [-0.4, -0.2) is 11.5 Å². The van der Waals surface area contributed by atoms with Crippen molar-refractivity contribution in [3.8, 4) is 0 Å². The molecule has 0 aliphatic heterocycles. The van der Waals surface area contributed by atoms with Crippen molar-refractivity contribution < 1.29 is 4.92 Å². The van der Waals surface area contributed by atoms with E-state index in [9.17, 15) is 10.1 Å². The molecule has 0 aliphatic rings. The van der Waals surface area contributed by atoms with Crippen molar-refractivity contribution in [1.29, 1.82) is 0 Å². The fraction of sp³-hybridized carbons (Fsp3) is 0.250. The van der Waals surface area contributed by atoms with Crippen LogP contribution in [0, 0.1) is 10.1 Å². The first kappa shape index (κ1) is 15.6. The van der Waals surface area contributed by atoms with E-state index in [0.29, 0.717) is 5.69 Å². The van der Waals surface area contributed by atoms with Gasteiger partial charge in [-0.3, -0.25) is 10.1 Å². The number of rotatable bonds is 7. The maximum atomic E-state index is 10.6. The second kappa shape index (κ2) is 7.87. The molecule has 0 bridgehead atoms. The Morgan fingerprint density at radius 3 is 2.05 bits per heavy atom. The summed E-state index contributed by atoms with van der Waals surface area (Å²) in [6.07, 6.45) is 2.30. The third-order valence-electron chi connectivity index (χ3n) is 3.07. The summed E-state index contributed by atoms with van der Waals surface area (Å²) < 4.78 is 0. The monoisotopic (exact) mass is 298 g/mol. The number of anilines is 1. The van der Waals surface area contributed by atoms with E-state index in [2.05, 4.69) is 22.5 Å². The predicted octanol–water partition coefficient (Wildman–Crippen LogP) is 5.22. The molecule has 0 heterocycles. The van der Waals surface area contributed by atoms with Crippen molar-refractivity contribution >= 4 is 22.7 Å². The molecule has 0 amide bonds. The van der Waals surface area contributed by atoms with Gasteiger partial charge in [-0.05, 0) is 42.8 Å². The van der Waals surface area contributed by atoms with E-state index in [1.165, 1.54) is 12.1 Å². The average Bonchev–Trinajstić information content (AvgIpc) is 2.55. The Kier molecular flexibility index (Phi) is 5.59. The van der Waals surface area contributed by atoms with Gasteiger partial charge in [0.2, 0.25) is 0 Å². The standard InChI is InChI=1S/C16H18N4O2/c1-2-3-12-17-13-4-6-14(7-5-13)18-19-15-8-10-16(11-9-15)20(21)22/h4-11,17H,2-3,12H2,1H3. The zero-order chi connectivity index (χ0) is 15.8. The largest absolute Gasteiger partial charge is 0.385 e. The summed E-state index contributed by atoms with van der Waals surface area (Å²) in [5.41, 5.74) is 2.42. The lowest BCUT2D eigenvalue weighted by atomic mass is 10.2. The van der Waals surface area contributed by atoms with Crippen molar-refractivity contribution in [2.24, 2.45) is 10.2 Å². The molecule has 1 N–H and O–H groups in total. The Hall–Kier alpha value is -2.76. The number of unbranched alkanes of at least 4 members (excludes halogenated alkanes) is 1. The zero-order valence-corrected chi connectivity index (χ0v) is 12.4. The summed E-state index contributed by atoms with van der Waals surface area (Å²) in [5.74, 6) is 0. The van der Waals surface area contributed by atoms with Gasteiger partial charge in [0.1, 0.15) is 0 Å². The Morgan fingerprint density at radius 2 is 1.55 bits per heavy atom. The predicted molar refractivity (Wildman–Crippen MR) is 87.1 cm³/mol. The molecule has 0 aliphatic carbocycles. The second-order valence-electron chi connectivity index (χ2n) is 4.80. The van der Waals surface area contributed by atoms with E-state index >= 15 is 0 Å². The van der Waals surface area contributed by atoms with Crippen molar-refractivity contribution in [1.82, 2.24) is 0 Å². The lowest BCUT2D eigenvalue weighted by Crippen LogP contribution is -1.99. The number of nitrogens with zero attached hydrogens (tertiary/aromatic N) is 3. The second-order valence-corrected chi connectivity index (χ2v) is 4.80. The van der Waals surface area contributed by atoms with Crippen LogP contribution < -0.4 is 5.32 Å². The van der Waals surface area contributed by atoms with Crippen LogP contribution in [-0.2, 0) is 0 Å². The number of nitro groups is 1. The summed E-state index contributed by atoms with van der Waals surface area (Å²) in [6, 6.07) is 13.6. The van der Waals surface area contributed by atoms with Gasteiger partial charge in [0.05, 0.1) is 16.3 Å². The van der Waals surface area contributed by atoms with E-state index < -0.39 is 4.92 Å². The molecule has 0 unspecified atom stereocenters. The van der Waals surface area contributed by atoms with Crippen LogP contribution >= 0.6 is 0 Å². The summed E-state index contributed by atoms with van der Waals surface area (Å²) in [6.45, 7) is 3.11. The van der Waals surface area contributed by atoms with E-state index in [1.54, 1.807) is 12.1 Å². The number of nitrogens with one attached hydrogen (secondary N) is 1. The third-order valence-corrected chi connectivity index (χ3v) is 3.07. The van der Waals surface area contributed by atoms with Gasteiger partial charge in [-0.15, -0.1) is 0 Å². The van der Waals surface area contributed by atoms with E-state index in [4.69, 9.17) is 0 Å². The lowest BCUT2D eigenvalue weighted by Gasteiger charge is -2.04. The van der Waals surface area contributed by atoms with E-state index in [-0.39, 0.29) is 5.69 Å². The van der Waals surface area contributed by atoms with Crippen molar-refractivity contribution in [3.63, 3.8) is 0 Å². The van der Waals surface area contributed by atoms with Crippen LogP contribution in [0.25, 0.3) is 0 Å². The molecule has 22 heavy (non-hydrogen) atoms. The number of nitro benzene ring substituents is 1. The third kappa shape index (κ3) is 4.66. The molecule has 0 fully saturated rings. The van der Waals surface area contributed by atoms with Crippen molar-refractivity contribution in [3.05, 3.63) is 58.6 Å². The van der Waals surface area contributed by atoms with Gasteiger partial charge in [0.25, 0.3) is 5.69 Å². The van der Waals surface area contributed by atoms with Gasteiger partial charge in [-0.2, -0.15) is 10.2 Å². The van der Waals surface area contributed by atoms with Gasteiger partial charge in [-0.25, -0.2) is 0 Å². The SMILES string of the molecule is CCCCNc1ccc(N=Nc2ccc([N+](=O)[O-])cc2)cc1. The molecule has 2 aromatic carbocycles. The normalized spacial score (nSPS) is 10.8. The molecule has 114 valence electrons. The van der Waals surface area contributed by atoms with Crippen LogP contribution in [0.5, 0.6) is 0 Å². The number of azo groups is 1. The molecule has 0 saturated heterocycles. The van der Waals surface area contributed by atoms with Gasteiger partial charge in [-0.1, -0.05) is 13.3 Å². The highest BCUT2D eigenvalue weighted by Crippen LogP contribution is 2.22. The fourth-order valence-electron chi connectivity index (χ4n) is 1.81. The highest BCUT2D eigenvalue weighted by atomic mass is 16.6. The Bertz CT molecular complexity index is 636. The highest BCUT2D eigenvalue weighted by Gasteiger charge is 2.03. The quantitative estimate of drug-likeness (QED) is 0.329. The minimum absolute atomic E-state index is 0.0430. The van der Waals surface area contributed by atoms with Crippen LogP contribution in [0.3, 0.4) is 0 Å². The summed E-state index contributed by atoms with van der Waals surface area (Å²) in [4.78, 5) is 10.1. The highest BCUT2D eigenvalue weighted by molar-refractivity contribution is 5.51. The number of hydrogen-bond donors (Lipinski definition) is 1. The minimum Gasteiger partial charge on any atom is -0.385 e. The summed E-state index contributed by atoms with van der Waals surface area (Å²) in [5, 5.41) is 22.1. The molecule has 6 heteroatoms. The smallest absolute Gasteiger partial charge is 0.269 e. The first-order valence-electron chi connectivity index (χ1n) is 7.19. The maximum absolute atomic E-state index is 10.6. The van der Waals surface area contributed by atoms with Crippen LogP contribution in [0.2, 0.25) is 0 Å². The average molecular weight is 298 g/mol. The van der Waals surface area contributed by atoms with Gasteiger partial charge >= 0.3 is 0 Å².